The maximum absolute atomic E-state index is 8.53. The molecule has 0 radical (unpaired) electrons. The van der Waals surface area contributed by atoms with E-state index in [1.165, 1.54) is 0 Å². The Kier molecular flexibility index (Phi) is 5.24. The van der Waals surface area contributed by atoms with Crippen LogP contribution in [0.5, 0.6) is 0 Å². The molecule has 1 unspecified atom stereocenters. The van der Waals surface area contributed by atoms with Crippen molar-refractivity contribution in [2.45, 2.75) is 26.2 Å². The van der Waals surface area contributed by atoms with Crippen LogP contribution in [0.25, 0.3) is 0 Å². The molecule has 0 fully saturated rings. The minimum atomic E-state index is -0.134. The van der Waals surface area contributed by atoms with Crippen LogP contribution in [-0.2, 0) is 0 Å². The Labute approximate surface area is 56.1 Å². The van der Waals surface area contributed by atoms with E-state index in [4.69, 9.17) is 10.4 Å². The third kappa shape index (κ3) is 3.99. The van der Waals surface area contributed by atoms with Gasteiger partial charge in [0.1, 0.15) is 0 Å². The van der Waals surface area contributed by atoms with Crippen LogP contribution in [0.4, 0.5) is 0 Å². The van der Waals surface area contributed by atoms with Crippen molar-refractivity contribution in [1.82, 2.24) is 0 Å². The molecule has 0 amide bonds. The number of nitrogens with zero attached hydrogens (tertiary/aromatic N) is 1. The molecule has 9 heavy (non-hydrogen) atoms. The standard InChI is InChI=1S/C7H13NO/c1-2-3-4-7(5-8)6-9/h7,9H,2-4,6H2,1H3. The topological polar surface area (TPSA) is 44.0 Å². The SMILES string of the molecule is CCCCC(C#N)CO. The molecule has 0 saturated carbocycles. The second-order valence-electron chi connectivity index (χ2n) is 2.15. The molecule has 0 saturated heterocycles. The smallest absolute Gasteiger partial charge is 0.0694 e. The van der Waals surface area contributed by atoms with E-state index < -0.39 is 0 Å². The number of hydrogen-bond acceptors (Lipinski definition) is 2. The van der Waals surface area contributed by atoms with Gasteiger partial charge in [-0.25, -0.2) is 0 Å². The first-order chi connectivity index (χ1) is 4.35. The molecule has 0 heterocycles. The zero-order chi connectivity index (χ0) is 7.11. The Morgan fingerprint density at radius 2 is 2.33 bits per heavy atom. The lowest BCUT2D eigenvalue weighted by molar-refractivity contribution is 0.247. The zero-order valence-corrected chi connectivity index (χ0v) is 5.80. The summed E-state index contributed by atoms with van der Waals surface area (Å²) in [4.78, 5) is 0. The lowest BCUT2D eigenvalue weighted by Gasteiger charge is -2.00. The molecule has 2 nitrogen and oxygen atoms in total. The van der Waals surface area contributed by atoms with Crippen LogP contribution in [0.2, 0.25) is 0 Å². The van der Waals surface area contributed by atoms with Gasteiger partial charge in [0, 0.05) is 0 Å². The highest BCUT2D eigenvalue weighted by Crippen LogP contribution is 2.05. The summed E-state index contributed by atoms with van der Waals surface area (Å²) in [6.45, 7) is 2.09. The van der Waals surface area contributed by atoms with E-state index in [0.717, 1.165) is 19.3 Å². The van der Waals surface area contributed by atoms with Gasteiger partial charge in [-0.1, -0.05) is 19.8 Å². The van der Waals surface area contributed by atoms with Gasteiger partial charge in [0.15, 0.2) is 0 Å². The van der Waals surface area contributed by atoms with Gasteiger partial charge in [0.2, 0.25) is 0 Å². The first-order valence-electron chi connectivity index (χ1n) is 3.35. The quantitative estimate of drug-likeness (QED) is 0.618. The van der Waals surface area contributed by atoms with E-state index in [9.17, 15) is 0 Å². The van der Waals surface area contributed by atoms with Gasteiger partial charge >= 0.3 is 0 Å². The van der Waals surface area contributed by atoms with Crippen molar-refractivity contribution < 1.29 is 5.11 Å². The van der Waals surface area contributed by atoms with Crippen LogP contribution in [0.15, 0.2) is 0 Å². The Morgan fingerprint density at radius 3 is 2.67 bits per heavy atom. The maximum Gasteiger partial charge on any atom is 0.0694 e. The van der Waals surface area contributed by atoms with E-state index >= 15 is 0 Å². The number of rotatable bonds is 4. The van der Waals surface area contributed by atoms with Gasteiger partial charge in [-0.15, -0.1) is 0 Å². The highest BCUT2D eigenvalue weighted by molar-refractivity contribution is 4.81. The highest BCUT2D eigenvalue weighted by atomic mass is 16.3. The van der Waals surface area contributed by atoms with Crippen molar-refractivity contribution in [3.05, 3.63) is 0 Å². The summed E-state index contributed by atoms with van der Waals surface area (Å²) in [5.74, 6) is -0.134. The average Bonchev–Trinajstić information content (AvgIpc) is 1.91. The summed E-state index contributed by atoms with van der Waals surface area (Å²) in [6, 6.07) is 2.04. The van der Waals surface area contributed by atoms with Crippen molar-refractivity contribution in [2.24, 2.45) is 5.92 Å². The van der Waals surface area contributed by atoms with Gasteiger partial charge in [0.05, 0.1) is 18.6 Å². The Bertz CT molecular complexity index is 95.6. The first-order valence-corrected chi connectivity index (χ1v) is 3.35. The summed E-state index contributed by atoms with van der Waals surface area (Å²) in [5, 5.41) is 16.9. The van der Waals surface area contributed by atoms with E-state index in [0.29, 0.717) is 0 Å². The minimum Gasteiger partial charge on any atom is -0.395 e. The lowest BCUT2D eigenvalue weighted by Crippen LogP contribution is -2.01. The molecule has 0 aliphatic carbocycles. The number of unbranched alkanes of at least 4 members (excludes halogenated alkanes) is 1. The van der Waals surface area contributed by atoms with Crippen molar-refractivity contribution in [3.63, 3.8) is 0 Å². The predicted octanol–water partition coefficient (Wildman–Crippen LogP) is 1.31. The molecule has 0 aliphatic rings. The number of aliphatic hydroxyl groups excluding tert-OH is 1. The monoisotopic (exact) mass is 127 g/mol. The van der Waals surface area contributed by atoms with Gasteiger partial charge in [0.25, 0.3) is 0 Å². The molecule has 2 heteroatoms. The minimum absolute atomic E-state index is 0.0104. The van der Waals surface area contributed by atoms with E-state index in [1.807, 2.05) is 6.07 Å². The second-order valence-corrected chi connectivity index (χ2v) is 2.15. The fourth-order valence-corrected chi connectivity index (χ4v) is 0.647. The summed E-state index contributed by atoms with van der Waals surface area (Å²) >= 11 is 0. The van der Waals surface area contributed by atoms with E-state index in [2.05, 4.69) is 6.92 Å². The maximum atomic E-state index is 8.53. The fourth-order valence-electron chi connectivity index (χ4n) is 0.647. The molecule has 0 aliphatic heterocycles. The molecule has 0 spiro atoms. The molecule has 1 atom stereocenters. The molecule has 0 aromatic heterocycles. The van der Waals surface area contributed by atoms with Crippen LogP contribution in [-0.4, -0.2) is 11.7 Å². The molecule has 0 rings (SSSR count). The predicted molar refractivity (Wildman–Crippen MR) is 35.7 cm³/mol. The van der Waals surface area contributed by atoms with Gasteiger partial charge in [-0.05, 0) is 6.42 Å². The summed E-state index contributed by atoms with van der Waals surface area (Å²) in [7, 11) is 0. The Morgan fingerprint density at radius 1 is 1.67 bits per heavy atom. The number of hydrogen-bond donors (Lipinski definition) is 1. The molecular weight excluding hydrogens is 114 g/mol. The van der Waals surface area contributed by atoms with Crippen LogP contribution in [0.3, 0.4) is 0 Å². The van der Waals surface area contributed by atoms with Gasteiger partial charge < -0.3 is 5.11 Å². The van der Waals surface area contributed by atoms with Crippen molar-refractivity contribution >= 4 is 0 Å². The van der Waals surface area contributed by atoms with Crippen LogP contribution in [0, 0.1) is 17.2 Å². The molecular formula is C7H13NO. The zero-order valence-electron chi connectivity index (χ0n) is 5.80. The van der Waals surface area contributed by atoms with Crippen LogP contribution >= 0.6 is 0 Å². The van der Waals surface area contributed by atoms with Gasteiger partial charge in [-0.2, -0.15) is 5.26 Å². The summed E-state index contributed by atoms with van der Waals surface area (Å²) in [6.07, 6.45) is 2.97. The largest absolute Gasteiger partial charge is 0.395 e. The van der Waals surface area contributed by atoms with Crippen molar-refractivity contribution in [1.29, 1.82) is 5.26 Å². The normalized spacial score (nSPS) is 12.6. The molecule has 0 aromatic rings. The van der Waals surface area contributed by atoms with Gasteiger partial charge in [-0.3, -0.25) is 0 Å². The van der Waals surface area contributed by atoms with E-state index in [-0.39, 0.29) is 12.5 Å². The lowest BCUT2D eigenvalue weighted by atomic mass is 10.1. The summed E-state index contributed by atoms with van der Waals surface area (Å²) in [5.41, 5.74) is 0. The third-order valence-corrected chi connectivity index (χ3v) is 1.31. The molecule has 1 N–H and O–H groups in total. The average molecular weight is 127 g/mol. The number of nitriles is 1. The highest BCUT2D eigenvalue weighted by Gasteiger charge is 2.02. The van der Waals surface area contributed by atoms with E-state index in [1.54, 1.807) is 0 Å². The Hall–Kier alpha value is -0.550. The van der Waals surface area contributed by atoms with Crippen LogP contribution < -0.4 is 0 Å². The third-order valence-electron chi connectivity index (χ3n) is 1.31. The van der Waals surface area contributed by atoms with Crippen LogP contribution in [0.1, 0.15) is 26.2 Å². The first kappa shape index (κ1) is 8.45. The second kappa shape index (κ2) is 5.58. The molecule has 0 aromatic carbocycles. The Balaban J connectivity index is 3.23. The van der Waals surface area contributed by atoms with Crippen molar-refractivity contribution in [2.75, 3.05) is 6.61 Å². The fraction of sp³-hybridized carbons (Fsp3) is 0.857. The molecule has 52 valence electrons. The van der Waals surface area contributed by atoms with Crippen molar-refractivity contribution in [3.8, 4) is 6.07 Å². The summed E-state index contributed by atoms with van der Waals surface area (Å²) < 4.78 is 0. The number of aliphatic hydroxyl groups is 1. The molecule has 0 bridgehead atoms.